The molecule has 0 amide bonds. The van der Waals surface area contributed by atoms with Gasteiger partial charge in [0.25, 0.3) is 0 Å². The van der Waals surface area contributed by atoms with E-state index in [4.69, 9.17) is 10.4 Å². The molecule has 1 aromatic heterocycles. The molecular weight excluding hydrogens is 248 g/mol. The van der Waals surface area contributed by atoms with Gasteiger partial charge in [0.1, 0.15) is 0 Å². The van der Waals surface area contributed by atoms with Crippen molar-refractivity contribution < 1.29 is 19.5 Å². The van der Waals surface area contributed by atoms with Gasteiger partial charge >= 0.3 is 5.97 Å². The number of nitriles is 1. The first-order valence-electron chi connectivity index (χ1n) is 5.87. The van der Waals surface area contributed by atoms with Crippen molar-refractivity contribution in [2.75, 3.05) is 0 Å². The van der Waals surface area contributed by atoms with E-state index in [1.54, 1.807) is 22.9 Å². The van der Waals surface area contributed by atoms with Crippen LogP contribution in [0.1, 0.15) is 36.2 Å². The van der Waals surface area contributed by atoms with Crippen LogP contribution in [0.25, 0.3) is 0 Å². The lowest BCUT2D eigenvalue weighted by Crippen LogP contribution is -2.19. The highest BCUT2D eigenvalue weighted by Crippen LogP contribution is 2.09. The maximum absolute atomic E-state index is 11.8. The van der Waals surface area contributed by atoms with Crippen LogP contribution in [0.5, 0.6) is 0 Å². The van der Waals surface area contributed by atoms with E-state index < -0.39 is 24.0 Å². The maximum Gasteiger partial charge on any atom is 0.372 e. The van der Waals surface area contributed by atoms with Gasteiger partial charge in [0.2, 0.25) is 5.78 Å². The van der Waals surface area contributed by atoms with Gasteiger partial charge in [-0.05, 0) is 25.0 Å². The number of carboxylic acid groups (broad SMARTS) is 1. The third-order valence-corrected chi connectivity index (χ3v) is 2.61. The number of unbranched alkanes of at least 4 members (excludes halogenated alkanes) is 2. The summed E-state index contributed by atoms with van der Waals surface area (Å²) in [6.07, 6.45) is 3.01. The number of aryl methyl sites for hydroxylation is 1. The molecule has 0 bridgehead atoms. The smallest absolute Gasteiger partial charge is 0.372 e. The number of carboxylic acids is 1. The highest BCUT2D eigenvalue weighted by molar-refractivity contribution is 6.37. The normalized spacial score (nSPS) is 9.84. The number of carbonyl (C=O) groups excluding carboxylic acids is 2. The molecule has 1 aromatic rings. The number of carbonyl (C=O) groups is 3. The summed E-state index contributed by atoms with van der Waals surface area (Å²) in [7, 11) is 0. The summed E-state index contributed by atoms with van der Waals surface area (Å²) in [4.78, 5) is 33.2. The lowest BCUT2D eigenvalue weighted by molar-refractivity contribution is -0.148. The van der Waals surface area contributed by atoms with Crippen molar-refractivity contribution in [2.24, 2.45) is 0 Å². The second kappa shape index (κ2) is 7.11. The van der Waals surface area contributed by atoms with Crippen LogP contribution >= 0.6 is 0 Å². The number of hydrogen-bond donors (Lipinski definition) is 1. The Balaban J connectivity index is 2.61. The lowest BCUT2D eigenvalue weighted by atomic mass is 10.1. The summed E-state index contributed by atoms with van der Waals surface area (Å²) in [5.41, 5.74) is 0.326. The van der Waals surface area contributed by atoms with Gasteiger partial charge in [-0.15, -0.1) is 0 Å². The third-order valence-electron chi connectivity index (χ3n) is 2.61. The first-order valence-corrected chi connectivity index (χ1v) is 5.87. The van der Waals surface area contributed by atoms with Gasteiger partial charge in [-0.2, -0.15) is 5.26 Å². The van der Waals surface area contributed by atoms with Crippen LogP contribution in [0.2, 0.25) is 0 Å². The molecule has 6 heteroatoms. The minimum Gasteiger partial charge on any atom is -0.475 e. The van der Waals surface area contributed by atoms with E-state index in [0.717, 1.165) is 12.8 Å². The maximum atomic E-state index is 11.8. The molecule has 0 spiro atoms. The molecule has 100 valence electrons. The Bertz CT molecular complexity index is 525. The van der Waals surface area contributed by atoms with E-state index in [-0.39, 0.29) is 0 Å². The monoisotopic (exact) mass is 262 g/mol. The quantitative estimate of drug-likeness (QED) is 0.330. The predicted octanol–water partition coefficient (Wildman–Crippen LogP) is 1.41. The number of nitrogens with zero attached hydrogens (tertiary/aromatic N) is 2. The van der Waals surface area contributed by atoms with Crippen molar-refractivity contribution in [1.82, 2.24) is 4.57 Å². The first-order chi connectivity index (χ1) is 9.06. The zero-order chi connectivity index (χ0) is 14.3. The van der Waals surface area contributed by atoms with Gasteiger partial charge < -0.3 is 9.67 Å². The number of aliphatic carboxylic acids is 1. The van der Waals surface area contributed by atoms with E-state index in [9.17, 15) is 14.4 Å². The highest BCUT2D eigenvalue weighted by atomic mass is 16.4. The molecule has 0 aliphatic carbocycles. The van der Waals surface area contributed by atoms with Crippen LogP contribution in [0, 0.1) is 11.3 Å². The number of hydrogen-bond acceptors (Lipinski definition) is 4. The molecule has 1 rings (SSSR count). The average molecular weight is 262 g/mol. The topological polar surface area (TPSA) is 100 Å². The Hall–Kier alpha value is -2.42. The molecular formula is C13H14N2O4. The Kier molecular flexibility index (Phi) is 5.48. The molecule has 0 radical (unpaired) electrons. The van der Waals surface area contributed by atoms with Gasteiger partial charge in [-0.3, -0.25) is 9.59 Å². The summed E-state index contributed by atoms with van der Waals surface area (Å²) in [6.45, 7) is 0.566. The van der Waals surface area contributed by atoms with Gasteiger partial charge in [0.05, 0.1) is 18.2 Å². The Morgan fingerprint density at radius 2 is 2.05 bits per heavy atom. The highest BCUT2D eigenvalue weighted by Gasteiger charge is 2.19. The second-order valence-corrected chi connectivity index (χ2v) is 4.03. The Labute approximate surface area is 110 Å². The molecule has 0 aliphatic heterocycles. The molecule has 1 N–H and O–H groups in total. The van der Waals surface area contributed by atoms with E-state index >= 15 is 0 Å². The van der Waals surface area contributed by atoms with E-state index in [2.05, 4.69) is 0 Å². The molecule has 19 heavy (non-hydrogen) atoms. The van der Waals surface area contributed by atoms with Crippen LogP contribution in [0.4, 0.5) is 0 Å². The van der Waals surface area contributed by atoms with E-state index in [1.807, 2.05) is 6.07 Å². The lowest BCUT2D eigenvalue weighted by Gasteiger charge is -2.07. The standard InChI is InChI=1S/C13H14N2O4/c14-6-2-1-3-7-15-8-4-5-10(15)11(16)9-12(17)13(18)19/h4-5,8H,1-3,7,9H2,(H,18,19). The number of Topliss-reactive ketones (excluding diaryl/α,β-unsaturated/α-hetero) is 2. The fraction of sp³-hybridized carbons (Fsp3) is 0.385. The summed E-state index contributed by atoms with van der Waals surface area (Å²) < 4.78 is 1.68. The van der Waals surface area contributed by atoms with Crippen molar-refractivity contribution in [1.29, 1.82) is 5.26 Å². The fourth-order valence-electron chi connectivity index (χ4n) is 1.66. The summed E-state index contributed by atoms with van der Waals surface area (Å²) in [6, 6.07) is 5.26. The molecule has 0 atom stereocenters. The number of ketones is 2. The average Bonchev–Trinajstić information content (AvgIpc) is 2.82. The summed E-state index contributed by atoms with van der Waals surface area (Å²) in [5, 5.41) is 16.9. The third kappa shape index (κ3) is 4.39. The predicted molar refractivity (Wildman–Crippen MR) is 65.5 cm³/mol. The SMILES string of the molecule is N#CCCCCn1cccc1C(=O)CC(=O)C(=O)O. The molecule has 0 aromatic carbocycles. The largest absolute Gasteiger partial charge is 0.475 e. The molecule has 0 saturated carbocycles. The minimum absolute atomic E-state index is 0.326. The minimum atomic E-state index is -1.60. The molecule has 0 unspecified atom stereocenters. The Morgan fingerprint density at radius 1 is 1.32 bits per heavy atom. The van der Waals surface area contributed by atoms with Crippen molar-refractivity contribution >= 4 is 17.5 Å². The molecule has 0 fully saturated rings. The van der Waals surface area contributed by atoms with E-state index in [1.165, 1.54) is 0 Å². The van der Waals surface area contributed by atoms with Crippen LogP contribution in [-0.2, 0) is 16.1 Å². The van der Waals surface area contributed by atoms with Crippen molar-refractivity contribution in [3.8, 4) is 6.07 Å². The Morgan fingerprint density at radius 3 is 2.68 bits per heavy atom. The molecule has 0 aliphatic rings. The van der Waals surface area contributed by atoms with Gasteiger partial charge in [0, 0.05) is 19.2 Å². The van der Waals surface area contributed by atoms with Gasteiger partial charge in [0.15, 0.2) is 5.78 Å². The van der Waals surface area contributed by atoms with Crippen LogP contribution in [0.3, 0.4) is 0 Å². The molecule has 6 nitrogen and oxygen atoms in total. The van der Waals surface area contributed by atoms with Gasteiger partial charge in [-0.25, -0.2) is 4.79 Å². The zero-order valence-electron chi connectivity index (χ0n) is 10.3. The van der Waals surface area contributed by atoms with E-state index in [0.29, 0.717) is 18.7 Å². The number of aromatic nitrogens is 1. The summed E-state index contributed by atoms with van der Waals surface area (Å²) in [5.74, 6) is -3.21. The second-order valence-electron chi connectivity index (χ2n) is 4.03. The number of rotatable bonds is 8. The molecule has 0 saturated heterocycles. The molecule has 1 heterocycles. The van der Waals surface area contributed by atoms with Crippen LogP contribution in [0.15, 0.2) is 18.3 Å². The van der Waals surface area contributed by atoms with Crippen molar-refractivity contribution in [3.05, 3.63) is 24.0 Å². The zero-order valence-corrected chi connectivity index (χ0v) is 10.3. The van der Waals surface area contributed by atoms with Gasteiger partial charge in [-0.1, -0.05) is 0 Å². The van der Waals surface area contributed by atoms with Crippen molar-refractivity contribution in [2.45, 2.75) is 32.2 Å². The van der Waals surface area contributed by atoms with Crippen LogP contribution in [-0.4, -0.2) is 27.2 Å². The van der Waals surface area contributed by atoms with Crippen molar-refractivity contribution in [3.63, 3.8) is 0 Å². The summed E-state index contributed by atoms with van der Waals surface area (Å²) >= 11 is 0. The first kappa shape index (κ1) is 14.6. The fourth-order valence-corrected chi connectivity index (χ4v) is 1.66. The van der Waals surface area contributed by atoms with Crippen LogP contribution < -0.4 is 0 Å².